The number of rotatable bonds is 12. The fraction of sp³-hybridized carbons (Fsp3) is 0.396. The number of fused-ring (bicyclic) bond motifs is 3. The lowest BCUT2D eigenvalue weighted by Crippen LogP contribution is -2.28. The number of unbranched alkanes of at least 4 members (excludes halogenated alkanes) is 2. The summed E-state index contributed by atoms with van der Waals surface area (Å²) in [6.07, 6.45) is 18.5. The molecule has 7 rings (SSSR count). The Morgan fingerprint density at radius 1 is 0.907 bits per heavy atom. The summed E-state index contributed by atoms with van der Waals surface area (Å²) >= 11 is 3.64. The fourth-order valence-corrected chi connectivity index (χ4v) is 10.8. The van der Waals surface area contributed by atoms with Gasteiger partial charge in [-0.25, -0.2) is 4.98 Å². The van der Waals surface area contributed by atoms with Crippen molar-refractivity contribution in [2.24, 2.45) is 0 Å². The van der Waals surface area contributed by atoms with Crippen LogP contribution in [0.2, 0.25) is 0 Å². The average Bonchev–Trinajstić information content (AvgIpc) is 3.75. The number of anilines is 1. The molecule has 3 heterocycles. The van der Waals surface area contributed by atoms with Gasteiger partial charge < -0.3 is 4.90 Å². The second-order valence-corrected chi connectivity index (χ2v) is 18.3. The number of allylic oxidation sites excluding steroid dienone is 7. The van der Waals surface area contributed by atoms with Gasteiger partial charge in [0.15, 0.2) is 10.1 Å². The van der Waals surface area contributed by atoms with Gasteiger partial charge in [0.2, 0.25) is 5.69 Å². The first-order chi connectivity index (χ1) is 26.1. The van der Waals surface area contributed by atoms with Gasteiger partial charge >= 0.3 is 0 Å². The summed E-state index contributed by atoms with van der Waals surface area (Å²) in [6, 6.07) is 24.2. The largest absolute Gasteiger partial charge is 0.344 e. The van der Waals surface area contributed by atoms with Crippen LogP contribution in [0.25, 0.3) is 10.2 Å². The van der Waals surface area contributed by atoms with Crippen molar-refractivity contribution in [2.75, 3.05) is 18.0 Å². The molecule has 3 aliphatic rings. The maximum atomic E-state index is 9.76. The zero-order valence-corrected chi connectivity index (χ0v) is 34.9. The van der Waals surface area contributed by atoms with Gasteiger partial charge in [-0.1, -0.05) is 95.6 Å². The Bertz CT molecular complexity index is 2240. The number of benzene rings is 3. The topological polar surface area (TPSA) is 42.9 Å². The fourth-order valence-electron chi connectivity index (χ4n) is 8.49. The number of hydrogen-bond acceptors (Lipinski definition) is 5. The van der Waals surface area contributed by atoms with E-state index >= 15 is 0 Å². The molecule has 1 aliphatic carbocycles. The highest BCUT2D eigenvalue weighted by molar-refractivity contribution is 8.05. The Morgan fingerprint density at radius 2 is 1.72 bits per heavy atom. The lowest BCUT2D eigenvalue weighted by Gasteiger charge is -2.27. The number of nitrogens with zero attached hydrogens (tertiary/aromatic N) is 4. The van der Waals surface area contributed by atoms with Gasteiger partial charge in [-0.3, -0.25) is 0 Å². The first kappa shape index (κ1) is 38.1. The van der Waals surface area contributed by atoms with E-state index in [9.17, 15) is 5.26 Å². The first-order valence-electron chi connectivity index (χ1n) is 20.1. The van der Waals surface area contributed by atoms with Crippen LogP contribution in [0.3, 0.4) is 0 Å². The quantitative estimate of drug-likeness (QED) is 0.135. The van der Waals surface area contributed by atoms with Crippen LogP contribution >= 0.6 is 23.1 Å². The Hall–Kier alpha value is -4.18. The van der Waals surface area contributed by atoms with Crippen LogP contribution in [-0.4, -0.2) is 28.4 Å². The van der Waals surface area contributed by atoms with Crippen LogP contribution in [-0.2, 0) is 17.3 Å². The third-order valence-corrected chi connectivity index (χ3v) is 14.0. The van der Waals surface area contributed by atoms with Gasteiger partial charge in [-0.15, -0.1) is 11.3 Å². The van der Waals surface area contributed by atoms with Crippen LogP contribution in [0.1, 0.15) is 116 Å². The smallest absolute Gasteiger partial charge is 0.209 e. The number of aromatic nitrogens is 1. The molecule has 4 aromatic rings. The summed E-state index contributed by atoms with van der Waals surface area (Å²) in [4.78, 5) is 9.05. The number of thioether (sulfide) groups is 1. The molecule has 54 heavy (non-hydrogen) atoms. The lowest BCUT2D eigenvalue weighted by atomic mass is 9.80. The Balaban J connectivity index is 1.34. The molecule has 0 saturated carbocycles. The molecule has 2 aliphatic heterocycles. The van der Waals surface area contributed by atoms with Crippen LogP contribution < -0.4 is 4.90 Å². The molecule has 4 nitrogen and oxygen atoms in total. The highest BCUT2D eigenvalue weighted by Gasteiger charge is 2.44. The van der Waals surface area contributed by atoms with Crippen molar-refractivity contribution >= 4 is 50.4 Å². The van der Waals surface area contributed by atoms with Crippen molar-refractivity contribution in [1.29, 1.82) is 5.26 Å². The minimum atomic E-state index is -0.215. The molecule has 0 saturated heterocycles. The summed E-state index contributed by atoms with van der Waals surface area (Å²) in [5.74, 6) is 0. The first-order valence-corrected chi connectivity index (χ1v) is 21.7. The molecule has 6 heteroatoms. The molecule has 0 amide bonds. The molecule has 3 aromatic carbocycles. The highest BCUT2D eigenvalue weighted by Crippen LogP contribution is 2.49. The van der Waals surface area contributed by atoms with Crippen LogP contribution in [0.15, 0.2) is 111 Å². The molecular weight excluding hydrogens is 697 g/mol. The molecule has 0 atom stereocenters. The molecule has 0 fully saturated rings. The van der Waals surface area contributed by atoms with E-state index in [4.69, 9.17) is 4.98 Å². The van der Waals surface area contributed by atoms with Crippen LogP contribution in [0.5, 0.6) is 0 Å². The zero-order valence-electron chi connectivity index (χ0n) is 33.3. The SMILES string of the molecule is CCCCN1/C(=C/C=C2\CCCC(/C=C/C3=[N+](CCCC)c4ccc(C#N)cc4C3(C)C)=C2Sc2nc3ccccc3s2)C(C)(C)c2cc(CC)ccc21. The Labute approximate surface area is 331 Å². The minimum Gasteiger partial charge on any atom is -0.344 e. The van der Waals surface area contributed by atoms with Gasteiger partial charge in [-0.05, 0) is 105 Å². The van der Waals surface area contributed by atoms with Crippen molar-refractivity contribution in [1.82, 2.24) is 4.98 Å². The summed E-state index contributed by atoms with van der Waals surface area (Å²) in [5.41, 5.74) is 13.7. The van der Waals surface area contributed by atoms with E-state index in [1.165, 1.54) is 73.1 Å². The zero-order chi connectivity index (χ0) is 38.0. The Kier molecular flexibility index (Phi) is 11.2. The highest BCUT2D eigenvalue weighted by atomic mass is 32.2. The van der Waals surface area contributed by atoms with Crippen LogP contribution in [0, 0.1) is 11.3 Å². The molecule has 278 valence electrons. The van der Waals surface area contributed by atoms with Crippen molar-refractivity contribution in [3.63, 3.8) is 0 Å². The monoisotopic (exact) mass is 751 g/mol. The average molecular weight is 752 g/mol. The predicted octanol–water partition coefficient (Wildman–Crippen LogP) is 13.1. The second-order valence-electron chi connectivity index (χ2n) is 16.0. The number of para-hydroxylation sites is 1. The van der Waals surface area contributed by atoms with Crippen molar-refractivity contribution < 1.29 is 4.58 Å². The van der Waals surface area contributed by atoms with E-state index in [2.05, 4.69) is 143 Å². The van der Waals surface area contributed by atoms with Crippen molar-refractivity contribution in [3.8, 4) is 6.07 Å². The molecule has 0 unspecified atom stereocenters. The van der Waals surface area contributed by atoms with E-state index in [-0.39, 0.29) is 10.8 Å². The Morgan fingerprint density at radius 3 is 2.48 bits per heavy atom. The van der Waals surface area contributed by atoms with Gasteiger partial charge in [0, 0.05) is 52.4 Å². The van der Waals surface area contributed by atoms with E-state index < -0.39 is 0 Å². The predicted molar refractivity (Wildman–Crippen MR) is 232 cm³/mol. The molecule has 0 N–H and O–H groups in total. The molecule has 0 radical (unpaired) electrons. The standard InChI is InChI=1S/C48H55N4S2/c1-8-11-28-51-40-24-20-33(10-3)30-37(40)47(4,5)43(51)26-22-35-16-15-17-36(45(35)54-46-50-39-18-13-14-19-42(39)53-46)23-27-44-48(6,7)38-31-34(32-49)21-25-41(38)52(44)29-12-9-2/h13-14,18-27,30-31H,8-12,15-17,28-29H2,1-7H3/q+1. The lowest BCUT2D eigenvalue weighted by molar-refractivity contribution is -0.438. The summed E-state index contributed by atoms with van der Waals surface area (Å²) in [7, 11) is 0. The van der Waals surface area contributed by atoms with Crippen LogP contribution in [0.4, 0.5) is 11.4 Å². The van der Waals surface area contributed by atoms with Crippen molar-refractivity contribution in [3.05, 3.63) is 129 Å². The summed E-state index contributed by atoms with van der Waals surface area (Å²) in [5, 5.41) is 9.76. The summed E-state index contributed by atoms with van der Waals surface area (Å²) < 4.78 is 4.84. The van der Waals surface area contributed by atoms with E-state index in [0.717, 1.165) is 67.0 Å². The van der Waals surface area contributed by atoms with Gasteiger partial charge in [0.1, 0.15) is 6.54 Å². The van der Waals surface area contributed by atoms with Gasteiger partial charge in [0.05, 0.1) is 27.3 Å². The molecule has 0 bridgehead atoms. The molecule has 1 aromatic heterocycles. The van der Waals surface area contributed by atoms with Gasteiger partial charge in [-0.2, -0.15) is 9.84 Å². The maximum Gasteiger partial charge on any atom is 0.209 e. The number of aryl methyl sites for hydroxylation is 1. The molecular formula is C48H55N4S2+. The normalized spacial score (nSPS) is 19.1. The number of hydrogen-bond donors (Lipinski definition) is 0. The second kappa shape index (κ2) is 15.9. The maximum absolute atomic E-state index is 9.76. The third kappa shape index (κ3) is 7.18. The number of thiazole rings is 1. The van der Waals surface area contributed by atoms with Crippen molar-refractivity contribution in [2.45, 2.75) is 115 Å². The number of nitriles is 1. The van der Waals surface area contributed by atoms with E-state index in [0.29, 0.717) is 0 Å². The van der Waals surface area contributed by atoms with Gasteiger partial charge in [0.25, 0.3) is 0 Å². The molecule has 0 spiro atoms. The van der Waals surface area contributed by atoms with E-state index in [1.807, 2.05) is 17.8 Å². The third-order valence-electron chi connectivity index (χ3n) is 11.7. The van der Waals surface area contributed by atoms with E-state index in [1.54, 1.807) is 11.3 Å². The summed E-state index contributed by atoms with van der Waals surface area (Å²) in [6.45, 7) is 18.3. The minimum absolute atomic E-state index is 0.0835.